The Balaban J connectivity index is 2.33. The van der Waals surface area contributed by atoms with Crippen molar-refractivity contribution in [3.8, 4) is 0 Å². The molecule has 1 N–H and O–H groups in total. The number of aliphatic carboxylic acids is 1. The maximum absolute atomic E-state index is 13.7. The van der Waals surface area contributed by atoms with Crippen LogP contribution in [-0.4, -0.2) is 36.9 Å². The van der Waals surface area contributed by atoms with Crippen molar-refractivity contribution in [2.45, 2.75) is 18.2 Å². The first-order valence-corrected chi connectivity index (χ1v) is 7.25. The second-order valence-corrected chi connectivity index (χ2v) is 6.53. The smallest absolute Gasteiger partial charge is 0.307 e. The Hall–Kier alpha value is -1.47. The van der Waals surface area contributed by atoms with Gasteiger partial charge in [-0.15, -0.1) is 0 Å². The van der Waals surface area contributed by atoms with Crippen LogP contribution in [0, 0.1) is 18.7 Å². The molecule has 2 rings (SSSR count). The van der Waals surface area contributed by atoms with E-state index in [1.54, 1.807) is 6.92 Å². The number of aryl methyl sites for hydroxylation is 1. The third-order valence-electron chi connectivity index (χ3n) is 3.20. The predicted octanol–water partition coefficient (Wildman–Crippen LogP) is 1.23. The SMILES string of the molecule is Cc1ccc(F)c(S(=O)(=O)N2CCC(C(=O)O)C2)c1. The van der Waals surface area contributed by atoms with Crippen LogP contribution in [0.3, 0.4) is 0 Å². The normalized spacial score (nSPS) is 20.6. The Bertz CT molecular complexity index is 614. The minimum atomic E-state index is -3.96. The quantitative estimate of drug-likeness (QED) is 0.907. The highest BCUT2D eigenvalue weighted by atomic mass is 32.2. The molecule has 1 atom stereocenters. The van der Waals surface area contributed by atoms with Gasteiger partial charge < -0.3 is 5.11 Å². The Kier molecular flexibility index (Phi) is 3.60. The zero-order valence-electron chi connectivity index (χ0n) is 10.3. The van der Waals surface area contributed by atoms with Crippen molar-refractivity contribution in [3.63, 3.8) is 0 Å². The summed E-state index contributed by atoms with van der Waals surface area (Å²) in [4.78, 5) is 10.4. The number of carbonyl (C=O) groups is 1. The molecule has 0 radical (unpaired) electrons. The van der Waals surface area contributed by atoms with E-state index in [9.17, 15) is 17.6 Å². The lowest BCUT2D eigenvalue weighted by atomic mass is 10.1. The van der Waals surface area contributed by atoms with Gasteiger partial charge >= 0.3 is 5.97 Å². The van der Waals surface area contributed by atoms with Crippen molar-refractivity contribution in [1.29, 1.82) is 0 Å². The van der Waals surface area contributed by atoms with Gasteiger partial charge in [-0.2, -0.15) is 4.31 Å². The number of benzene rings is 1. The molecule has 1 heterocycles. The number of rotatable bonds is 3. The minimum absolute atomic E-state index is 0.104. The highest BCUT2D eigenvalue weighted by molar-refractivity contribution is 7.89. The molecule has 5 nitrogen and oxygen atoms in total. The molecular weight excluding hydrogens is 273 g/mol. The third kappa shape index (κ3) is 2.62. The highest BCUT2D eigenvalue weighted by Crippen LogP contribution is 2.26. The number of carboxylic acids is 1. The first kappa shape index (κ1) is 14.0. The summed E-state index contributed by atoms with van der Waals surface area (Å²) in [5.41, 5.74) is 0.633. The maximum atomic E-state index is 13.7. The topological polar surface area (TPSA) is 74.7 Å². The monoisotopic (exact) mass is 287 g/mol. The zero-order valence-corrected chi connectivity index (χ0v) is 11.2. The van der Waals surface area contributed by atoms with Crippen LogP contribution in [0.2, 0.25) is 0 Å². The predicted molar refractivity (Wildman–Crippen MR) is 65.6 cm³/mol. The fourth-order valence-corrected chi connectivity index (χ4v) is 3.74. The van der Waals surface area contributed by atoms with Crippen molar-refractivity contribution in [2.75, 3.05) is 13.1 Å². The van der Waals surface area contributed by atoms with Gasteiger partial charge in [-0.1, -0.05) is 6.07 Å². The molecule has 0 amide bonds. The molecule has 0 aromatic heterocycles. The first-order valence-electron chi connectivity index (χ1n) is 5.81. The van der Waals surface area contributed by atoms with E-state index in [0.717, 1.165) is 10.4 Å². The molecule has 19 heavy (non-hydrogen) atoms. The first-order chi connectivity index (χ1) is 8.82. The van der Waals surface area contributed by atoms with Crippen LogP contribution in [0.5, 0.6) is 0 Å². The molecule has 7 heteroatoms. The van der Waals surface area contributed by atoms with E-state index in [4.69, 9.17) is 5.11 Å². The van der Waals surface area contributed by atoms with E-state index < -0.39 is 32.6 Å². The van der Waals surface area contributed by atoms with Crippen LogP contribution in [-0.2, 0) is 14.8 Å². The summed E-state index contributed by atoms with van der Waals surface area (Å²) in [7, 11) is -3.96. The number of halogens is 1. The maximum Gasteiger partial charge on any atom is 0.307 e. The number of sulfonamides is 1. The van der Waals surface area contributed by atoms with Gasteiger partial charge in [0, 0.05) is 13.1 Å². The molecule has 0 saturated carbocycles. The van der Waals surface area contributed by atoms with Gasteiger partial charge in [-0.25, -0.2) is 12.8 Å². The number of nitrogens with zero attached hydrogens (tertiary/aromatic N) is 1. The summed E-state index contributed by atoms with van der Waals surface area (Å²) in [5.74, 6) is -2.56. The van der Waals surface area contributed by atoms with Crippen molar-refractivity contribution >= 4 is 16.0 Å². The molecule has 1 fully saturated rings. The van der Waals surface area contributed by atoms with E-state index in [0.29, 0.717) is 5.56 Å². The summed E-state index contributed by atoms with van der Waals surface area (Å²) in [6.07, 6.45) is 0.252. The second-order valence-electron chi connectivity index (χ2n) is 4.62. The molecule has 104 valence electrons. The lowest BCUT2D eigenvalue weighted by Crippen LogP contribution is -2.30. The summed E-state index contributed by atoms with van der Waals surface area (Å²) >= 11 is 0. The molecule has 0 aliphatic carbocycles. The summed E-state index contributed by atoms with van der Waals surface area (Å²) < 4.78 is 39.2. The molecule has 1 saturated heterocycles. The Labute approximate surface area is 110 Å². The van der Waals surface area contributed by atoms with Gasteiger partial charge in [-0.05, 0) is 31.0 Å². The van der Waals surface area contributed by atoms with Gasteiger partial charge in [-0.3, -0.25) is 4.79 Å². The zero-order chi connectivity index (χ0) is 14.2. The van der Waals surface area contributed by atoms with Gasteiger partial charge in [0.05, 0.1) is 5.92 Å². The van der Waals surface area contributed by atoms with E-state index in [2.05, 4.69) is 0 Å². The van der Waals surface area contributed by atoms with Gasteiger partial charge in [0.1, 0.15) is 10.7 Å². The van der Waals surface area contributed by atoms with E-state index in [1.165, 1.54) is 12.1 Å². The van der Waals surface area contributed by atoms with Crippen LogP contribution in [0.15, 0.2) is 23.1 Å². The van der Waals surface area contributed by atoms with E-state index in [-0.39, 0.29) is 19.5 Å². The summed E-state index contributed by atoms with van der Waals surface area (Å²) in [6, 6.07) is 3.85. The molecular formula is C12H14FNO4S. The van der Waals surface area contributed by atoms with Gasteiger partial charge in [0.15, 0.2) is 0 Å². The van der Waals surface area contributed by atoms with E-state index >= 15 is 0 Å². The lowest BCUT2D eigenvalue weighted by Gasteiger charge is -2.16. The number of hydrogen-bond acceptors (Lipinski definition) is 3. The summed E-state index contributed by atoms with van der Waals surface area (Å²) in [5, 5.41) is 8.87. The van der Waals surface area contributed by atoms with Crippen LogP contribution < -0.4 is 0 Å². The van der Waals surface area contributed by atoms with Crippen molar-refractivity contribution in [3.05, 3.63) is 29.6 Å². The molecule has 1 aliphatic heterocycles. The molecule has 1 unspecified atom stereocenters. The van der Waals surface area contributed by atoms with E-state index in [1.807, 2.05) is 0 Å². The average Bonchev–Trinajstić information content (AvgIpc) is 2.82. The second kappa shape index (κ2) is 4.90. The fraction of sp³-hybridized carbons (Fsp3) is 0.417. The third-order valence-corrected chi connectivity index (χ3v) is 5.08. The highest BCUT2D eigenvalue weighted by Gasteiger charge is 2.36. The Morgan fingerprint density at radius 1 is 1.47 bits per heavy atom. The minimum Gasteiger partial charge on any atom is -0.481 e. The molecule has 1 aromatic rings. The lowest BCUT2D eigenvalue weighted by molar-refractivity contribution is -0.141. The summed E-state index contributed by atoms with van der Waals surface area (Å²) in [6.45, 7) is 1.67. The van der Waals surface area contributed by atoms with Crippen LogP contribution in [0.25, 0.3) is 0 Å². The molecule has 0 bridgehead atoms. The fourth-order valence-electron chi connectivity index (χ4n) is 2.10. The number of carboxylic acid groups (broad SMARTS) is 1. The van der Waals surface area contributed by atoms with Crippen LogP contribution in [0.4, 0.5) is 4.39 Å². The van der Waals surface area contributed by atoms with Crippen LogP contribution in [0.1, 0.15) is 12.0 Å². The van der Waals surface area contributed by atoms with Gasteiger partial charge in [0.25, 0.3) is 0 Å². The average molecular weight is 287 g/mol. The van der Waals surface area contributed by atoms with Gasteiger partial charge in [0.2, 0.25) is 10.0 Å². The largest absolute Gasteiger partial charge is 0.481 e. The molecule has 0 spiro atoms. The van der Waals surface area contributed by atoms with Crippen molar-refractivity contribution in [2.24, 2.45) is 5.92 Å². The van der Waals surface area contributed by atoms with Crippen LogP contribution >= 0.6 is 0 Å². The molecule has 1 aliphatic rings. The number of hydrogen-bond donors (Lipinski definition) is 1. The Morgan fingerprint density at radius 3 is 2.74 bits per heavy atom. The Morgan fingerprint density at radius 2 is 2.16 bits per heavy atom. The molecule has 1 aromatic carbocycles. The standard InChI is InChI=1S/C12H14FNO4S/c1-8-2-3-10(13)11(6-8)19(17,18)14-5-4-9(7-14)12(15)16/h2-3,6,9H,4-5,7H2,1H3,(H,15,16). The van der Waals surface area contributed by atoms with Crippen molar-refractivity contribution < 1.29 is 22.7 Å². The van der Waals surface area contributed by atoms with Crippen molar-refractivity contribution in [1.82, 2.24) is 4.31 Å².